The van der Waals surface area contributed by atoms with Gasteiger partial charge in [-0.05, 0) is 24.1 Å². The molecule has 0 saturated carbocycles. The fourth-order valence-electron chi connectivity index (χ4n) is 1.39. The Morgan fingerprint density at radius 1 is 1.60 bits per heavy atom. The second-order valence-electron chi connectivity index (χ2n) is 3.11. The van der Waals surface area contributed by atoms with Crippen molar-refractivity contribution in [3.05, 3.63) is 28.8 Å². The highest BCUT2D eigenvalue weighted by atomic mass is 16.5. The molecule has 15 heavy (non-hydrogen) atoms. The molecule has 0 aliphatic carbocycles. The van der Waals surface area contributed by atoms with E-state index in [1.807, 2.05) is 6.07 Å². The summed E-state index contributed by atoms with van der Waals surface area (Å²) < 4.78 is 5.01. The molecule has 0 unspecified atom stereocenters. The summed E-state index contributed by atoms with van der Waals surface area (Å²) in [6.07, 6.45) is -0.0789. The first-order valence-electron chi connectivity index (χ1n) is 4.38. The first-order valence-corrected chi connectivity index (χ1v) is 4.38. The summed E-state index contributed by atoms with van der Waals surface area (Å²) in [7, 11) is 1.48. The van der Waals surface area contributed by atoms with Crippen LogP contribution >= 0.6 is 0 Å². The average molecular weight is 205 g/mol. The number of benzene rings is 1. The minimum absolute atomic E-state index is 0.0789. The van der Waals surface area contributed by atoms with Gasteiger partial charge in [0.2, 0.25) is 0 Å². The number of nitriles is 1. The SMILES string of the molecule is COc1ccc(CC(=O)O)c(C)c1C#N. The van der Waals surface area contributed by atoms with Crippen molar-refractivity contribution in [1.82, 2.24) is 0 Å². The van der Waals surface area contributed by atoms with Crippen molar-refractivity contribution in [2.75, 3.05) is 7.11 Å². The van der Waals surface area contributed by atoms with Gasteiger partial charge in [0, 0.05) is 0 Å². The van der Waals surface area contributed by atoms with E-state index >= 15 is 0 Å². The third-order valence-electron chi connectivity index (χ3n) is 2.21. The van der Waals surface area contributed by atoms with E-state index in [1.54, 1.807) is 19.1 Å². The summed E-state index contributed by atoms with van der Waals surface area (Å²) in [6.45, 7) is 1.72. The number of methoxy groups -OCH3 is 1. The number of carboxylic acids is 1. The van der Waals surface area contributed by atoms with Crippen molar-refractivity contribution >= 4 is 5.97 Å². The molecule has 78 valence electrons. The van der Waals surface area contributed by atoms with Gasteiger partial charge in [0.15, 0.2) is 0 Å². The summed E-state index contributed by atoms with van der Waals surface area (Å²) in [6, 6.07) is 5.30. The summed E-state index contributed by atoms with van der Waals surface area (Å²) in [5.74, 6) is -0.434. The van der Waals surface area contributed by atoms with Crippen LogP contribution in [0.5, 0.6) is 5.75 Å². The molecule has 0 bridgehead atoms. The number of hydrogen-bond acceptors (Lipinski definition) is 3. The number of carbonyl (C=O) groups is 1. The summed E-state index contributed by atoms with van der Waals surface area (Å²) >= 11 is 0. The lowest BCUT2D eigenvalue weighted by atomic mass is 10.00. The topological polar surface area (TPSA) is 70.3 Å². The van der Waals surface area contributed by atoms with Crippen LogP contribution in [0.3, 0.4) is 0 Å². The fraction of sp³-hybridized carbons (Fsp3) is 0.273. The van der Waals surface area contributed by atoms with Crippen LogP contribution in [-0.4, -0.2) is 18.2 Å². The largest absolute Gasteiger partial charge is 0.495 e. The molecule has 0 heterocycles. The zero-order valence-electron chi connectivity index (χ0n) is 8.57. The number of hydrogen-bond donors (Lipinski definition) is 1. The highest BCUT2D eigenvalue weighted by molar-refractivity contribution is 5.71. The van der Waals surface area contributed by atoms with E-state index < -0.39 is 5.97 Å². The van der Waals surface area contributed by atoms with E-state index in [2.05, 4.69) is 0 Å². The van der Waals surface area contributed by atoms with Crippen molar-refractivity contribution < 1.29 is 14.6 Å². The highest BCUT2D eigenvalue weighted by Gasteiger charge is 2.11. The highest BCUT2D eigenvalue weighted by Crippen LogP contribution is 2.24. The van der Waals surface area contributed by atoms with Crippen molar-refractivity contribution in [1.29, 1.82) is 5.26 Å². The molecule has 4 heteroatoms. The number of carboxylic acid groups (broad SMARTS) is 1. The lowest BCUT2D eigenvalue weighted by Gasteiger charge is -2.09. The molecule has 0 radical (unpaired) electrons. The first-order chi connectivity index (χ1) is 7.10. The molecule has 0 atom stereocenters. The Balaban J connectivity index is 3.24. The van der Waals surface area contributed by atoms with Gasteiger partial charge in [-0.1, -0.05) is 6.07 Å². The van der Waals surface area contributed by atoms with Gasteiger partial charge in [-0.2, -0.15) is 5.26 Å². The van der Waals surface area contributed by atoms with E-state index in [1.165, 1.54) is 7.11 Å². The molecule has 1 aromatic carbocycles. The van der Waals surface area contributed by atoms with Crippen LogP contribution in [0, 0.1) is 18.3 Å². The second kappa shape index (κ2) is 4.47. The van der Waals surface area contributed by atoms with Gasteiger partial charge in [-0.3, -0.25) is 4.79 Å². The smallest absolute Gasteiger partial charge is 0.307 e. The molecule has 0 aromatic heterocycles. The van der Waals surface area contributed by atoms with E-state index in [9.17, 15) is 4.79 Å². The van der Waals surface area contributed by atoms with Crippen molar-refractivity contribution in [2.24, 2.45) is 0 Å². The minimum atomic E-state index is -0.910. The van der Waals surface area contributed by atoms with Crippen LogP contribution < -0.4 is 4.74 Å². The summed E-state index contributed by atoms with van der Waals surface area (Å²) in [5.41, 5.74) is 1.70. The molecule has 0 aliphatic heterocycles. The van der Waals surface area contributed by atoms with Crippen molar-refractivity contribution in [2.45, 2.75) is 13.3 Å². The minimum Gasteiger partial charge on any atom is -0.495 e. The monoisotopic (exact) mass is 205 g/mol. The van der Waals surface area contributed by atoms with Gasteiger partial charge < -0.3 is 9.84 Å². The number of rotatable bonds is 3. The summed E-state index contributed by atoms with van der Waals surface area (Å²) in [4.78, 5) is 10.6. The Morgan fingerprint density at radius 3 is 2.73 bits per heavy atom. The molecule has 1 N–H and O–H groups in total. The number of aliphatic carboxylic acids is 1. The standard InChI is InChI=1S/C11H11NO3/c1-7-8(5-11(13)14)3-4-10(15-2)9(7)6-12/h3-4H,5H2,1-2H3,(H,13,14). The maximum absolute atomic E-state index is 10.6. The molecule has 1 aromatic rings. The van der Waals surface area contributed by atoms with Gasteiger partial charge in [0.1, 0.15) is 11.8 Å². The Kier molecular flexibility index (Phi) is 3.29. The lowest BCUT2D eigenvalue weighted by Crippen LogP contribution is -2.04. The predicted octanol–water partition coefficient (Wildman–Crippen LogP) is 1.50. The fourth-order valence-corrected chi connectivity index (χ4v) is 1.39. The molecule has 0 amide bonds. The van der Waals surface area contributed by atoms with Crippen LogP contribution in [0.1, 0.15) is 16.7 Å². The van der Waals surface area contributed by atoms with E-state index in [-0.39, 0.29) is 6.42 Å². The zero-order chi connectivity index (χ0) is 11.4. The summed E-state index contributed by atoms with van der Waals surface area (Å²) in [5, 5.41) is 17.6. The maximum Gasteiger partial charge on any atom is 0.307 e. The molecule has 0 saturated heterocycles. The maximum atomic E-state index is 10.6. The van der Waals surface area contributed by atoms with Gasteiger partial charge in [0.25, 0.3) is 0 Å². The normalized spacial score (nSPS) is 9.40. The van der Waals surface area contributed by atoms with Crippen molar-refractivity contribution in [3.8, 4) is 11.8 Å². The Morgan fingerprint density at radius 2 is 2.27 bits per heavy atom. The quantitative estimate of drug-likeness (QED) is 0.811. The Bertz CT molecular complexity index is 432. The Labute approximate surface area is 87.7 Å². The van der Waals surface area contributed by atoms with Gasteiger partial charge in [0.05, 0.1) is 19.1 Å². The third-order valence-corrected chi connectivity index (χ3v) is 2.21. The molecule has 0 aliphatic rings. The zero-order valence-corrected chi connectivity index (χ0v) is 8.57. The first kappa shape index (κ1) is 11.1. The molecule has 0 spiro atoms. The van der Waals surface area contributed by atoms with E-state index in [0.29, 0.717) is 22.4 Å². The third kappa shape index (κ3) is 2.26. The Hall–Kier alpha value is -2.02. The van der Waals surface area contributed by atoms with Gasteiger partial charge in [-0.15, -0.1) is 0 Å². The van der Waals surface area contributed by atoms with Crippen LogP contribution in [0.15, 0.2) is 12.1 Å². The molecular formula is C11H11NO3. The molecule has 4 nitrogen and oxygen atoms in total. The molecular weight excluding hydrogens is 194 g/mol. The van der Waals surface area contributed by atoms with Crippen LogP contribution in [0.25, 0.3) is 0 Å². The van der Waals surface area contributed by atoms with E-state index in [0.717, 1.165) is 0 Å². The predicted molar refractivity (Wildman–Crippen MR) is 53.8 cm³/mol. The molecule has 1 rings (SSSR count). The second-order valence-corrected chi connectivity index (χ2v) is 3.11. The number of ether oxygens (including phenoxy) is 1. The van der Waals surface area contributed by atoms with Gasteiger partial charge >= 0.3 is 5.97 Å². The van der Waals surface area contributed by atoms with Crippen LogP contribution in [0.4, 0.5) is 0 Å². The van der Waals surface area contributed by atoms with Gasteiger partial charge in [-0.25, -0.2) is 0 Å². The molecule has 0 fully saturated rings. The van der Waals surface area contributed by atoms with Crippen LogP contribution in [-0.2, 0) is 11.2 Å². The number of nitrogens with zero attached hydrogens (tertiary/aromatic N) is 1. The van der Waals surface area contributed by atoms with E-state index in [4.69, 9.17) is 15.1 Å². The van der Waals surface area contributed by atoms with Crippen LogP contribution in [0.2, 0.25) is 0 Å². The lowest BCUT2D eigenvalue weighted by molar-refractivity contribution is -0.136. The average Bonchev–Trinajstić information content (AvgIpc) is 2.20. The van der Waals surface area contributed by atoms with Crippen molar-refractivity contribution in [3.63, 3.8) is 0 Å².